The molecule has 2 aromatic heterocycles. The summed E-state index contributed by atoms with van der Waals surface area (Å²) in [5.41, 5.74) is 5.00. The molecule has 1 aliphatic rings. The van der Waals surface area contributed by atoms with Gasteiger partial charge in [0.25, 0.3) is 5.69 Å². The second kappa shape index (κ2) is 10.8. The van der Waals surface area contributed by atoms with Crippen molar-refractivity contribution in [1.82, 2.24) is 9.55 Å². The van der Waals surface area contributed by atoms with Crippen molar-refractivity contribution >= 4 is 22.7 Å². The Kier molecular flexibility index (Phi) is 7.14. The number of nitro benzene ring substituents is 1. The lowest BCUT2D eigenvalue weighted by molar-refractivity contribution is -0.384. The van der Waals surface area contributed by atoms with E-state index < -0.39 is 0 Å². The summed E-state index contributed by atoms with van der Waals surface area (Å²) in [6.45, 7) is 0.680. The number of aryl methyl sites for hydroxylation is 1. The molecule has 0 atom stereocenters. The van der Waals surface area contributed by atoms with Gasteiger partial charge in [-0.25, -0.2) is 4.99 Å². The monoisotopic (exact) mass is 484 g/mol. The van der Waals surface area contributed by atoms with Gasteiger partial charge < -0.3 is 4.57 Å². The van der Waals surface area contributed by atoms with Crippen molar-refractivity contribution in [2.45, 2.75) is 51.0 Å². The highest BCUT2D eigenvalue weighted by molar-refractivity contribution is 7.07. The Balaban J connectivity index is 1.52. The molecule has 0 spiro atoms. The molecule has 4 aromatic rings. The zero-order valence-electron chi connectivity index (χ0n) is 19.5. The van der Waals surface area contributed by atoms with Gasteiger partial charge in [0.1, 0.15) is 5.69 Å². The minimum Gasteiger partial charge on any atom is -0.316 e. The van der Waals surface area contributed by atoms with Gasteiger partial charge in [0, 0.05) is 36.3 Å². The van der Waals surface area contributed by atoms with Crippen LogP contribution in [0.2, 0.25) is 0 Å². The maximum Gasteiger partial charge on any atom is 0.294 e. The molecular weight excluding hydrogens is 456 g/mol. The number of nitro groups is 1. The molecule has 0 saturated heterocycles. The predicted octanol–water partition coefficient (Wildman–Crippen LogP) is 7.04. The molecular formula is C28H28N4O2S. The molecule has 0 radical (unpaired) electrons. The van der Waals surface area contributed by atoms with Crippen molar-refractivity contribution in [3.63, 3.8) is 0 Å². The number of hydrogen-bond donors (Lipinski definition) is 0. The van der Waals surface area contributed by atoms with Crippen LogP contribution in [0.4, 0.5) is 11.4 Å². The van der Waals surface area contributed by atoms with Crippen LogP contribution in [-0.4, -0.2) is 14.5 Å². The number of pyridine rings is 1. The smallest absolute Gasteiger partial charge is 0.294 e. The third-order valence-corrected chi connectivity index (χ3v) is 7.56. The highest BCUT2D eigenvalue weighted by Crippen LogP contribution is 2.34. The molecule has 0 unspecified atom stereocenters. The first kappa shape index (κ1) is 23.2. The molecule has 6 nitrogen and oxygen atoms in total. The Morgan fingerprint density at radius 3 is 2.51 bits per heavy atom. The number of para-hydroxylation sites is 2. The molecule has 2 heterocycles. The molecule has 2 aromatic carbocycles. The van der Waals surface area contributed by atoms with Gasteiger partial charge in [0.05, 0.1) is 10.6 Å². The van der Waals surface area contributed by atoms with E-state index in [9.17, 15) is 10.1 Å². The van der Waals surface area contributed by atoms with Crippen LogP contribution in [-0.2, 0) is 13.0 Å². The first-order chi connectivity index (χ1) is 17.2. The van der Waals surface area contributed by atoms with E-state index >= 15 is 0 Å². The van der Waals surface area contributed by atoms with Crippen LogP contribution in [0.3, 0.4) is 0 Å². The molecule has 0 amide bonds. The average Bonchev–Trinajstić information content (AvgIpc) is 3.31. The molecule has 0 N–H and O–H groups in total. The Morgan fingerprint density at radius 2 is 1.77 bits per heavy atom. The van der Waals surface area contributed by atoms with Gasteiger partial charge in [-0.2, -0.15) is 0 Å². The molecule has 5 rings (SSSR count). The van der Waals surface area contributed by atoms with E-state index in [1.165, 1.54) is 55.1 Å². The number of hydrogen-bond acceptors (Lipinski definition) is 5. The minimum absolute atomic E-state index is 0.00978. The van der Waals surface area contributed by atoms with Crippen LogP contribution in [0, 0.1) is 10.1 Å². The third-order valence-electron chi connectivity index (χ3n) is 6.69. The number of thiazole rings is 1. The summed E-state index contributed by atoms with van der Waals surface area (Å²) in [4.78, 5) is 21.1. The molecule has 1 aliphatic carbocycles. The number of rotatable bonds is 7. The quantitative estimate of drug-likeness (QED) is 0.208. The zero-order chi connectivity index (χ0) is 24.0. The molecule has 1 fully saturated rings. The number of benzene rings is 2. The number of nitrogens with zero attached hydrogens (tertiary/aromatic N) is 4. The second-order valence-electron chi connectivity index (χ2n) is 8.94. The fourth-order valence-electron chi connectivity index (χ4n) is 4.82. The van der Waals surface area contributed by atoms with Crippen molar-refractivity contribution in [2.24, 2.45) is 4.99 Å². The van der Waals surface area contributed by atoms with Crippen LogP contribution >= 0.6 is 11.3 Å². The standard InChI is InChI=1S/C28H28N4O2S/c33-32(34)26-12-5-4-11-25(26)30-28-31(19-17-24-10-6-7-18-29-24)27(20-35-28)23-15-13-22(14-16-23)21-8-2-1-3-9-21/h4-7,10-16,18,20-21H,1-3,8-9,17,19H2. The first-order valence-electron chi connectivity index (χ1n) is 12.2. The summed E-state index contributed by atoms with van der Waals surface area (Å²) in [6.07, 6.45) is 9.10. The summed E-state index contributed by atoms with van der Waals surface area (Å²) < 4.78 is 2.16. The third kappa shape index (κ3) is 5.41. The fourth-order valence-corrected chi connectivity index (χ4v) is 5.76. The average molecular weight is 485 g/mol. The molecule has 1 saturated carbocycles. The molecule has 35 heavy (non-hydrogen) atoms. The molecule has 178 valence electrons. The summed E-state index contributed by atoms with van der Waals surface area (Å²) in [5.74, 6) is 0.667. The highest BCUT2D eigenvalue weighted by Gasteiger charge is 2.17. The van der Waals surface area contributed by atoms with E-state index in [2.05, 4.69) is 39.2 Å². The van der Waals surface area contributed by atoms with Crippen molar-refractivity contribution in [3.8, 4) is 11.3 Å². The molecule has 0 bridgehead atoms. The second-order valence-corrected chi connectivity index (χ2v) is 9.78. The predicted molar refractivity (Wildman–Crippen MR) is 140 cm³/mol. The van der Waals surface area contributed by atoms with E-state index in [-0.39, 0.29) is 10.6 Å². The Labute approximate surface area is 208 Å². The van der Waals surface area contributed by atoms with Gasteiger partial charge in [-0.05, 0) is 48.1 Å². The zero-order valence-corrected chi connectivity index (χ0v) is 20.4. The fraction of sp³-hybridized carbons (Fsp3) is 0.286. The first-order valence-corrected chi connectivity index (χ1v) is 13.0. The lowest BCUT2D eigenvalue weighted by Crippen LogP contribution is -2.17. The van der Waals surface area contributed by atoms with Crippen molar-refractivity contribution in [3.05, 3.63) is 104 Å². The Hall–Kier alpha value is -3.58. The largest absolute Gasteiger partial charge is 0.316 e. The van der Waals surface area contributed by atoms with Gasteiger partial charge in [-0.3, -0.25) is 15.1 Å². The van der Waals surface area contributed by atoms with Gasteiger partial charge >= 0.3 is 0 Å². The summed E-state index contributed by atoms with van der Waals surface area (Å²) in [7, 11) is 0. The van der Waals surface area contributed by atoms with E-state index in [1.807, 2.05) is 18.2 Å². The lowest BCUT2D eigenvalue weighted by atomic mass is 9.84. The Bertz CT molecular complexity index is 1350. The number of aromatic nitrogens is 2. The summed E-state index contributed by atoms with van der Waals surface area (Å²) >= 11 is 1.51. The Morgan fingerprint density at radius 1 is 1.00 bits per heavy atom. The van der Waals surface area contributed by atoms with Gasteiger partial charge in [-0.1, -0.05) is 61.7 Å². The normalized spacial score (nSPS) is 14.8. The maximum absolute atomic E-state index is 11.5. The van der Waals surface area contributed by atoms with E-state index in [1.54, 1.807) is 24.4 Å². The van der Waals surface area contributed by atoms with Crippen molar-refractivity contribution in [1.29, 1.82) is 0 Å². The highest BCUT2D eigenvalue weighted by atomic mass is 32.1. The summed E-state index contributed by atoms with van der Waals surface area (Å²) in [5, 5.41) is 13.6. The van der Waals surface area contributed by atoms with Crippen LogP contribution in [0.25, 0.3) is 11.3 Å². The van der Waals surface area contributed by atoms with Gasteiger partial charge in [0.15, 0.2) is 4.80 Å². The summed E-state index contributed by atoms with van der Waals surface area (Å²) in [6, 6.07) is 21.5. The minimum atomic E-state index is -0.379. The lowest BCUT2D eigenvalue weighted by Gasteiger charge is -2.22. The van der Waals surface area contributed by atoms with E-state index in [4.69, 9.17) is 4.99 Å². The van der Waals surface area contributed by atoms with Crippen molar-refractivity contribution < 1.29 is 4.92 Å². The maximum atomic E-state index is 11.5. The van der Waals surface area contributed by atoms with Gasteiger partial charge in [0.2, 0.25) is 0 Å². The van der Waals surface area contributed by atoms with Crippen LogP contribution in [0.1, 0.15) is 49.3 Å². The van der Waals surface area contributed by atoms with Crippen LogP contribution < -0.4 is 4.80 Å². The molecule has 7 heteroatoms. The van der Waals surface area contributed by atoms with Gasteiger partial charge in [-0.15, -0.1) is 11.3 Å². The SMILES string of the molecule is O=[N+]([O-])c1ccccc1N=c1scc(-c2ccc(C3CCCCC3)cc2)n1CCc1ccccn1. The topological polar surface area (TPSA) is 73.3 Å². The van der Waals surface area contributed by atoms with E-state index in [0.29, 0.717) is 18.2 Å². The van der Waals surface area contributed by atoms with Crippen molar-refractivity contribution in [2.75, 3.05) is 0 Å². The molecule has 0 aliphatic heterocycles. The van der Waals surface area contributed by atoms with Crippen LogP contribution in [0.5, 0.6) is 0 Å². The van der Waals surface area contributed by atoms with E-state index in [0.717, 1.165) is 28.2 Å². The van der Waals surface area contributed by atoms with Crippen LogP contribution in [0.15, 0.2) is 83.3 Å².